The number of anilines is 2. The van der Waals surface area contributed by atoms with Crippen LogP contribution >= 0.6 is 0 Å². The molecule has 4 nitrogen and oxygen atoms in total. The molecule has 0 aliphatic carbocycles. The second-order valence-corrected chi connectivity index (χ2v) is 4.39. The predicted octanol–water partition coefficient (Wildman–Crippen LogP) is 2.39. The fraction of sp³-hybridized carbons (Fsp3) is 0.462. The number of amides is 1. The molecule has 1 unspecified atom stereocenters. The number of halogens is 1. The molecule has 0 spiro atoms. The molecule has 1 aliphatic heterocycles. The molecule has 1 amide bonds. The Bertz CT molecular complexity index is 476. The van der Waals surface area contributed by atoms with Crippen LogP contribution in [0.15, 0.2) is 12.1 Å². The highest BCUT2D eigenvalue weighted by atomic mass is 19.1. The molecule has 0 saturated carbocycles. The van der Waals surface area contributed by atoms with Crippen molar-refractivity contribution in [3.63, 3.8) is 0 Å². The normalized spacial score (nSPS) is 19.0. The molecule has 1 aromatic carbocycles. The van der Waals surface area contributed by atoms with Crippen LogP contribution in [0.5, 0.6) is 5.75 Å². The Labute approximate surface area is 106 Å². The van der Waals surface area contributed by atoms with Gasteiger partial charge in [0.2, 0.25) is 5.91 Å². The quantitative estimate of drug-likeness (QED) is 0.878. The lowest BCUT2D eigenvalue weighted by Gasteiger charge is -2.28. The first-order valence-corrected chi connectivity index (χ1v) is 6.00. The van der Waals surface area contributed by atoms with E-state index in [4.69, 9.17) is 4.74 Å². The molecule has 1 atom stereocenters. The minimum absolute atomic E-state index is 0.0754. The first-order valence-electron chi connectivity index (χ1n) is 6.00. The lowest BCUT2D eigenvalue weighted by Crippen LogP contribution is -2.33. The van der Waals surface area contributed by atoms with Gasteiger partial charge in [0.1, 0.15) is 0 Å². The van der Waals surface area contributed by atoms with Crippen molar-refractivity contribution >= 4 is 17.3 Å². The van der Waals surface area contributed by atoms with E-state index in [-0.39, 0.29) is 17.7 Å². The van der Waals surface area contributed by atoms with Gasteiger partial charge < -0.3 is 15.0 Å². The number of ether oxygens (including phenoxy) is 1. The Kier molecular flexibility index (Phi) is 3.41. The Balaban J connectivity index is 2.55. The van der Waals surface area contributed by atoms with E-state index in [1.807, 2.05) is 13.8 Å². The Morgan fingerprint density at radius 2 is 2.28 bits per heavy atom. The van der Waals surface area contributed by atoms with Gasteiger partial charge in [-0.05, 0) is 13.8 Å². The summed E-state index contributed by atoms with van der Waals surface area (Å²) >= 11 is 0. The number of nitrogens with one attached hydrogen (secondary N) is 1. The summed E-state index contributed by atoms with van der Waals surface area (Å²) in [5.74, 6) is -0.373. The van der Waals surface area contributed by atoms with Crippen LogP contribution in [0.3, 0.4) is 0 Å². The number of benzene rings is 1. The number of carbonyl (C=O) groups excluding carboxylic acids is 1. The van der Waals surface area contributed by atoms with Crippen molar-refractivity contribution in [3.05, 3.63) is 17.9 Å². The van der Waals surface area contributed by atoms with Gasteiger partial charge in [-0.3, -0.25) is 4.79 Å². The summed E-state index contributed by atoms with van der Waals surface area (Å²) < 4.78 is 18.7. The van der Waals surface area contributed by atoms with Gasteiger partial charge in [0.25, 0.3) is 0 Å². The van der Waals surface area contributed by atoms with Crippen molar-refractivity contribution in [2.45, 2.75) is 26.3 Å². The van der Waals surface area contributed by atoms with Crippen LogP contribution in [0.25, 0.3) is 0 Å². The number of rotatable bonds is 2. The van der Waals surface area contributed by atoms with Gasteiger partial charge in [-0.1, -0.05) is 0 Å². The second-order valence-electron chi connectivity index (χ2n) is 4.39. The number of fused-ring (bicyclic) bond motifs is 1. The first-order chi connectivity index (χ1) is 8.56. The van der Waals surface area contributed by atoms with E-state index in [9.17, 15) is 9.18 Å². The van der Waals surface area contributed by atoms with Gasteiger partial charge >= 0.3 is 0 Å². The summed E-state index contributed by atoms with van der Waals surface area (Å²) in [6.45, 7) is 4.73. The molecule has 0 fully saturated rings. The molecule has 18 heavy (non-hydrogen) atoms. The average molecular weight is 252 g/mol. The fourth-order valence-corrected chi connectivity index (χ4v) is 2.34. The lowest BCUT2D eigenvalue weighted by molar-refractivity contribution is -0.116. The van der Waals surface area contributed by atoms with Gasteiger partial charge in [-0.25, -0.2) is 4.39 Å². The van der Waals surface area contributed by atoms with E-state index in [1.54, 1.807) is 6.07 Å². The highest BCUT2D eigenvalue weighted by molar-refractivity contribution is 5.97. The third kappa shape index (κ3) is 2.12. The van der Waals surface area contributed by atoms with Crippen molar-refractivity contribution in [2.75, 3.05) is 23.9 Å². The average Bonchev–Trinajstić information content (AvgIpc) is 2.42. The zero-order valence-corrected chi connectivity index (χ0v) is 10.8. The summed E-state index contributed by atoms with van der Waals surface area (Å²) in [4.78, 5) is 13.8. The van der Waals surface area contributed by atoms with Crippen molar-refractivity contribution < 1.29 is 13.9 Å². The summed E-state index contributed by atoms with van der Waals surface area (Å²) in [5.41, 5.74) is 1.30. The van der Waals surface area contributed by atoms with Crippen LogP contribution < -0.4 is 15.0 Å². The number of carbonyl (C=O) groups is 1. The molecule has 98 valence electrons. The van der Waals surface area contributed by atoms with Crippen LogP contribution in [0.2, 0.25) is 0 Å². The Morgan fingerprint density at radius 1 is 1.56 bits per heavy atom. The molecular weight excluding hydrogens is 235 g/mol. The molecule has 2 rings (SSSR count). The van der Waals surface area contributed by atoms with Gasteiger partial charge in [0.05, 0.1) is 18.5 Å². The van der Waals surface area contributed by atoms with Crippen LogP contribution in [0.4, 0.5) is 15.8 Å². The predicted molar refractivity (Wildman–Crippen MR) is 68.7 cm³/mol. The van der Waals surface area contributed by atoms with Crippen LogP contribution in [0, 0.1) is 5.82 Å². The number of nitrogens with zero attached hydrogens (tertiary/aromatic N) is 1. The van der Waals surface area contributed by atoms with E-state index in [2.05, 4.69) is 10.2 Å². The smallest absolute Gasteiger partial charge is 0.226 e. The van der Waals surface area contributed by atoms with Crippen molar-refractivity contribution in [1.29, 1.82) is 0 Å². The highest BCUT2D eigenvalue weighted by Gasteiger charge is 2.25. The molecule has 5 heteroatoms. The molecular formula is C13H17FN2O2. The SMILES string of the molecule is CCN1c2cc(OC)c(F)cc2NC(=O)CC1C. The summed E-state index contributed by atoms with van der Waals surface area (Å²) in [7, 11) is 1.43. The van der Waals surface area contributed by atoms with Gasteiger partial charge in [0.15, 0.2) is 11.6 Å². The monoisotopic (exact) mass is 252 g/mol. The molecule has 0 aromatic heterocycles. The third-order valence-corrected chi connectivity index (χ3v) is 3.21. The topological polar surface area (TPSA) is 41.6 Å². The summed E-state index contributed by atoms with van der Waals surface area (Å²) in [6, 6.07) is 3.02. The van der Waals surface area contributed by atoms with Crippen LogP contribution in [-0.4, -0.2) is 25.6 Å². The zero-order valence-electron chi connectivity index (χ0n) is 10.8. The standard InChI is InChI=1S/C13H17FN2O2/c1-4-16-8(2)5-13(17)15-10-6-9(14)12(18-3)7-11(10)16/h6-8H,4-5H2,1-3H3,(H,15,17). The largest absolute Gasteiger partial charge is 0.494 e. The van der Waals surface area contributed by atoms with Gasteiger partial charge in [0, 0.05) is 31.1 Å². The van der Waals surface area contributed by atoms with Crippen LogP contribution in [0.1, 0.15) is 20.3 Å². The van der Waals surface area contributed by atoms with E-state index in [1.165, 1.54) is 13.2 Å². The van der Waals surface area contributed by atoms with Crippen molar-refractivity contribution in [2.24, 2.45) is 0 Å². The number of hydrogen-bond acceptors (Lipinski definition) is 3. The van der Waals surface area contributed by atoms with E-state index in [0.29, 0.717) is 12.1 Å². The Hall–Kier alpha value is -1.78. The maximum atomic E-state index is 13.7. The maximum Gasteiger partial charge on any atom is 0.226 e. The molecule has 1 heterocycles. The first kappa shape index (κ1) is 12.7. The highest BCUT2D eigenvalue weighted by Crippen LogP contribution is 2.36. The zero-order chi connectivity index (χ0) is 13.3. The molecule has 0 radical (unpaired) electrons. The molecule has 1 N–H and O–H groups in total. The number of methoxy groups -OCH3 is 1. The maximum absolute atomic E-state index is 13.7. The minimum Gasteiger partial charge on any atom is -0.494 e. The summed E-state index contributed by atoms with van der Waals surface area (Å²) in [6.07, 6.45) is 0.395. The van der Waals surface area contributed by atoms with Crippen molar-refractivity contribution in [1.82, 2.24) is 0 Å². The third-order valence-electron chi connectivity index (χ3n) is 3.21. The second kappa shape index (κ2) is 4.84. The molecule has 0 saturated heterocycles. The number of hydrogen-bond donors (Lipinski definition) is 1. The van der Waals surface area contributed by atoms with E-state index < -0.39 is 5.82 Å². The fourth-order valence-electron chi connectivity index (χ4n) is 2.34. The van der Waals surface area contributed by atoms with Gasteiger partial charge in [-0.15, -0.1) is 0 Å². The molecule has 1 aromatic rings. The molecule has 0 bridgehead atoms. The Morgan fingerprint density at radius 3 is 2.89 bits per heavy atom. The molecule has 1 aliphatic rings. The van der Waals surface area contributed by atoms with E-state index >= 15 is 0 Å². The van der Waals surface area contributed by atoms with Crippen LogP contribution in [-0.2, 0) is 4.79 Å². The van der Waals surface area contributed by atoms with Gasteiger partial charge in [-0.2, -0.15) is 0 Å². The lowest BCUT2D eigenvalue weighted by atomic mass is 10.1. The minimum atomic E-state index is -0.470. The van der Waals surface area contributed by atoms with Crippen molar-refractivity contribution in [3.8, 4) is 5.75 Å². The summed E-state index contributed by atoms with van der Waals surface area (Å²) in [5, 5.41) is 2.73. The van der Waals surface area contributed by atoms with E-state index in [0.717, 1.165) is 12.2 Å².